The first-order valence-electron chi connectivity index (χ1n) is 24.9. The van der Waals surface area contributed by atoms with Gasteiger partial charge < -0.3 is 0 Å². The van der Waals surface area contributed by atoms with Crippen LogP contribution >= 0.6 is 0 Å². The van der Waals surface area contributed by atoms with Crippen LogP contribution in [-0.2, 0) is 0 Å². The first kappa shape index (κ1) is 45.4. The summed E-state index contributed by atoms with van der Waals surface area (Å²) in [6.07, 6.45) is 38.8. The van der Waals surface area contributed by atoms with Crippen molar-refractivity contribution in [2.24, 2.45) is 88.8 Å². The molecule has 51 heavy (non-hydrogen) atoms. The largest absolute Gasteiger partial charge is 0.0683 e. The average Bonchev–Trinajstić information content (AvgIpc) is 3.98. The molecule has 6 saturated carbocycles. The van der Waals surface area contributed by atoms with Crippen LogP contribution in [0.4, 0.5) is 0 Å². The fourth-order valence-corrected chi connectivity index (χ4v) is 14.5. The highest BCUT2D eigenvalue weighted by Gasteiger charge is 2.48. The zero-order valence-electron chi connectivity index (χ0n) is 37.3. The van der Waals surface area contributed by atoms with E-state index in [0.29, 0.717) is 0 Å². The maximum Gasteiger partial charge on any atom is -0.0331 e. The van der Waals surface area contributed by atoms with E-state index in [1.54, 1.807) is 96.3 Å². The van der Waals surface area contributed by atoms with Gasteiger partial charge in [0, 0.05) is 0 Å². The van der Waals surface area contributed by atoms with E-state index in [-0.39, 0.29) is 0 Å². The Balaban J connectivity index is 0.00000111. The van der Waals surface area contributed by atoms with Gasteiger partial charge in [-0.3, -0.25) is 0 Å². The first-order valence-corrected chi connectivity index (χ1v) is 24.9. The van der Waals surface area contributed by atoms with E-state index in [2.05, 4.69) is 34.6 Å². The number of hydrogen-bond donors (Lipinski definition) is 0. The molecule has 0 N–H and O–H groups in total. The molecule has 0 spiro atoms. The summed E-state index contributed by atoms with van der Waals surface area (Å²) in [7, 11) is 0. The second kappa shape index (κ2) is 24.5. The molecule has 0 aromatic heterocycles. The Bertz CT molecular complexity index is 846. The van der Waals surface area contributed by atoms with E-state index in [4.69, 9.17) is 0 Å². The number of rotatable bonds is 9. The fourth-order valence-electron chi connectivity index (χ4n) is 14.5. The van der Waals surface area contributed by atoms with Crippen molar-refractivity contribution in [1.29, 1.82) is 0 Å². The second-order valence-corrected chi connectivity index (χ2v) is 19.4. The van der Waals surface area contributed by atoms with Crippen molar-refractivity contribution < 1.29 is 0 Å². The summed E-state index contributed by atoms with van der Waals surface area (Å²) in [5, 5.41) is 0. The Morgan fingerprint density at radius 3 is 1.61 bits per heavy atom. The second-order valence-electron chi connectivity index (χ2n) is 19.4. The van der Waals surface area contributed by atoms with Crippen molar-refractivity contribution in [3.8, 4) is 0 Å². The highest BCUT2D eigenvalue weighted by molar-refractivity contribution is 4.97. The summed E-state index contributed by atoms with van der Waals surface area (Å²) >= 11 is 0. The molecular weight excluding hydrogens is 613 g/mol. The van der Waals surface area contributed by atoms with Gasteiger partial charge in [0.2, 0.25) is 0 Å². The van der Waals surface area contributed by atoms with Crippen LogP contribution in [0.3, 0.4) is 0 Å². The van der Waals surface area contributed by atoms with Crippen molar-refractivity contribution in [1.82, 2.24) is 0 Å². The molecular formula is C51H98. The maximum atomic E-state index is 2.83. The van der Waals surface area contributed by atoms with Crippen LogP contribution in [-0.4, -0.2) is 0 Å². The molecule has 6 aliphatic carbocycles. The highest BCUT2D eigenvalue weighted by Crippen LogP contribution is 2.57. The lowest BCUT2D eigenvalue weighted by atomic mass is 9.59. The molecule has 0 heteroatoms. The Kier molecular flexibility index (Phi) is 21.8. The van der Waals surface area contributed by atoms with Gasteiger partial charge in [-0.2, -0.15) is 0 Å². The SMILES string of the molecule is CC.CC.CC.CCC(C)CC(C1CCCCC1C)C1CCCC(C)C(C2CCCC2C2CCC(C3CCCCC3)C2)C(C)CC1C1CCCC1. The fraction of sp³-hybridized carbons (Fsp3) is 1.00. The summed E-state index contributed by atoms with van der Waals surface area (Å²) in [5.41, 5.74) is 0. The molecule has 6 aliphatic rings. The van der Waals surface area contributed by atoms with Crippen molar-refractivity contribution >= 4 is 0 Å². The van der Waals surface area contributed by atoms with Gasteiger partial charge in [0.15, 0.2) is 0 Å². The van der Waals surface area contributed by atoms with Crippen LogP contribution in [0, 0.1) is 88.8 Å². The topological polar surface area (TPSA) is 0 Å². The lowest BCUT2D eigenvalue weighted by Gasteiger charge is -2.46. The molecule has 13 unspecified atom stereocenters. The van der Waals surface area contributed by atoms with Gasteiger partial charge in [-0.25, -0.2) is 0 Å². The lowest BCUT2D eigenvalue weighted by molar-refractivity contribution is 0.0289. The van der Waals surface area contributed by atoms with Crippen LogP contribution < -0.4 is 0 Å². The molecule has 0 radical (unpaired) electrons. The highest BCUT2D eigenvalue weighted by atomic mass is 14.5. The molecule has 0 aromatic rings. The molecule has 302 valence electrons. The smallest absolute Gasteiger partial charge is 0.0331 e. The van der Waals surface area contributed by atoms with Gasteiger partial charge in [0.25, 0.3) is 0 Å². The monoisotopic (exact) mass is 711 g/mol. The number of hydrogen-bond acceptors (Lipinski definition) is 0. The van der Waals surface area contributed by atoms with E-state index < -0.39 is 0 Å². The van der Waals surface area contributed by atoms with Crippen LogP contribution in [0.25, 0.3) is 0 Å². The van der Waals surface area contributed by atoms with Crippen LogP contribution in [0.1, 0.15) is 237 Å². The summed E-state index contributed by atoms with van der Waals surface area (Å²) in [6, 6.07) is 0. The maximum absolute atomic E-state index is 2.83. The molecule has 0 amide bonds. The standard InChI is InChI=1S/C45H80.3C2H6/c1-6-31(2)28-44(39-22-13-10-16-32(39)3)41-24-14-17-33(4)45(34(5)29-43(41)36-20-11-12-21-36)42-25-15-23-40(42)38-27-26-37(30-38)35-18-8-7-9-19-35;3*1-2/h31-45H,6-30H2,1-5H3;3*1-2H3. The molecule has 0 saturated heterocycles. The Hall–Kier alpha value is 0. The van der Waals surface area contributed by atoms with E-state index >= 15 is 0 Å². The third-order valence-corrected chi connectivity index (χ3v) is 16.9. The summed E-state index contributed by atoms with van der Waals surface area (Å²) in [5.74, 6) is 15.3. The molecule has 6 rings (SSSR count). The Morgan fingerprint density at radius 2 is 0.941 bits per heavy atom. The van der Waals surface area contributed by atoms with E-state index in [1.165, 1.54) is 64.2 Å². The quantitative estimate of drug-likeness (QED) is 0.223. The predicted octanol–water partition coefficient (Wildman–Crippen LogP) is 17.2. The van der Waals surface area contributed by atoms with Crippen molar-refractivity contribution in [2.45, 2.75) is 237 Å². The normalized spacial score (nSPS) is 39.5. The minimum Gasteiger partial charge on any atom is -0.0683 e. The molecule has 0 bridgehead atoms. The minimum atomic E-state index is 0.910. The van der Waals surface area contributed by atoms with Crippen LogP contribution in [0.5, 0.6) is 0 Å². The third-order valence-electron chi connectivity index (χ3n) is 16.9. The zero-order valence-corrected chi connectivity index (χ0v) is 37.3. The molecule has 0 aromatic carbocycles. The van der Waals surface area contributed by atoms with E-state index in [1.807, 2.05) is 41.5 Å². The third kappa shape index (κ3) is 12.2. The Labute approximate surface area is 324 Å². The van der Waals surface area contributed by atoms with Gasteiger partial charge >= 0.3 is 0 Å². The molecule has 0 heterocycles. The van der Waals surface area contributed by atoms with Crippen molar-refractivity contribution in [3.63, 3.8) is 0 Å². The van der Waals surface area contributed by atoms with Gasteiger partial charge in [0.1, 0.15) is 0 Å². The summed E-state index contributed by atoms with van der Waals surface area (Å²) in [6.45, 7) is 25.4. The summed E-state index contributed by atoms with van der Waals surface area (Å²) < 4.78 is 0. The first-order chi connectivity index (χ1) is 24.9. The molecule has 13 atom stereocenters. The van der Waals surface area contributed by atoms with Gasteiger partial charge in [-0.1, -0.05) is 179 Å². The van der Waals surface area contributed by atoms with Gasteiger partial charge in [-0.05, 0) is 147 Å². The predicted molar refractivity (Wildman–Crippen MR) is 230 cm³/mol. The summed E-state index contributed by atoms with van der Waals surface area (Å²) in [4.78, 5) is 0. The van der Waals surface area contributed by atoms with E-state index in [0.717, 1.165) is 88.8 Å². The average molecular weight is 711 g/mol. The zero-order chi connectivity index (χ0) is 37.3. The van der Waals surface area contributed by atoms with Crippen LogP contribution in [0.15, 0.2) is 0 Å². The van der Waals surface area contributed by atoms with Gasteiger partial charge in [-0.15, -0.1) is 0 Å². The molecule has 6 fully saturated rings. The molecule has 0 aliphatic heterocycles. The van der Waals surface area contributed by atoms with E-state index in [9.17, 15) is 0 Å². The van der Waals surface area contributed by atoms with Crippen molar-refractivity contribution in [2.75, 3.05) is 0 Å². The minimum absolute atomic E-state index is 0.910. The Morgan fingerprint density at radius 1 is 0.412 bits per heavy atom. The molecule has 0 nitrogen and oxygen atoms in total. The van der Waals surface area contributed by atoms with Crippen LogP contribution in [0.2, 0.25) is 0 Å². The lowest BCUT2D eigenvalue weighted by Crippen LogP contribution is -2.39. The van der Waals surface area contributed by atoms with Crippen molar-refractivity contribution in [3.05, 3.63) is 0 Å². The van der Waals surface area contributed by atoms with Gasteiger partial charge in [0.05, 0.1) is 0 Å².